The van der Waals surface area contributed by atoms with Gasteiger partial charge >= 0.3 is 0 Å². The van der Waals surface area contributed by atoms with Crippen LogP contribution in [-0.2, 0) is 14.8 Å². The second kappa shape index (κ2) is 6.57. The van der Waals surface area contributed by atoms with Crippen LogP contribution in [0.5, 0.6) is 5.75 Å². The van der Waals surface area contributed by atoms with Gasteiger partial charge < -0.3 is 4.74 Å². The minimum absolute atomic E-state index is 0.179. The highest BCUT2D eigenvalue weighted by atomic mass is 35.7. The van der Waals surface area contributed by atoms with Gasteiger partial charge in [-0.3, -0.25) is 0 Å². The van der Waals surface area contributed by atoms with Crippen molar-refractivity contribution in [2.75, 3.05) is 11.5 Å². The van der Waals surface area contributed by atoms with Crippen molar-refractivity contribution >= 4 is 43.1 Å². The van der Waals surface area contributed by atoms with E-state index in [1.165, 1.54) is 5.75 Å². The summed E-state index contributed by atoms with van der Waals surface area (Å²) in [6, 6.07) is 4.98. The van der Waals surface area contributed by atoms with Gasteiger partial charge in [0.25, 0.3) is 0 Å². The van der Waals surface area contributed by atoms with E-state index in [0.717, 1.165) is 18.6 Å². The SMILES string of the molecule is O=S(=O)(Cl)Cc1ccc(OC2CCCSC2)c(Cl)c1. The molecule has 1 atom stereocenters. The van der Waals surface area contributed by atoms with Crippen molar-refractivity contribution in [3.8, 4) is 5.75 Å². The average molecular weight is 341 g/mol. The van der Waals surface area contributed by atoms with E-state index in [4.69, 9.17) is 27.0 Å². The summed E-state index contributed by atoms with van der Waals surface area (Å²) in [6.07, 6.45) is 2.36. The van der Waals surface area contributed by atoms with Crippen LogP contribution in [0.15, 0.2) is 18.2 Å². The predicted molar refractivity (Wildman–Crippen MR) is 80.9 cm³/mol. The number of ether oxygens (including phenoxy) is 1. The van der Waals surface area contributed by atoms with Crippen LogP contribution in [0.25, 0.3) is 0 Å². The van der Waals surface area contributed by atoms with Crippen molar-refractivity contribution < 1.29 is 13.2 Å². The lowest BCUT2D eigenvalue weighted by molar-refractivity contribution is 0.211. The number of hydrogen-bond donors (Lipinski definition) is 0. The molecule has 0 saturated carbocycles. The van der Waals surface area contributed by atoms with Crippen molar-refractivity contribution in [1.82, 2.24) is 0 Å². The molecule has 2 rings (SSSR count). The van der Waals surface area contributed by atoms with Crippen LogP contribution >= 0.6 is 34.0 Å². The molecule has 0 N–H and O–H groups in total. The summed E-state index contributed by atoms with van der Waals surface area (Å²) in [5.41, 5.74) is 0.561. The number of rotatable bonds is 4. The monoisotopic (exact) mass is 340 g/mol. The zero-order valence-corrected chi connectivity index (χ0v) is 13.3. The topological polar surface area (TPSA) is 43.4 Å². The molecule has 1 aromatic rings. The highest BCUT2D eigenvalue weighted by Crippen LogP contribution is 2.30. The lowest BCUT2D eigenvalue weighted by Crippen LogP contribution is -2.23. The maximum Gasteiger partial charge on any atom is 0.236 e. The molecule has 0 bridgehead atoms. The van der Waals surface area contributed by atoms with E-state index in [1.54, 1.807) is 18.2 Å². The van der Waals surface area contributed by atoms with E-state index in [0.29, 0.717) is 16.3 Å². The third kappa shape index (κ3) is 5.06. The standard InChI is InChI=1S/C12H14Cl2O3S2/c13-11-6-9(8-19(14,15)16)3-4-12(11)17-10-2-1-5-18-7-10/h3-4,6,10H,1-2,5,7-8H2. The normalized spacial score (nSPS) is 20.2. The Balaban J connectivity index is 2.06. The molecule has 1 aromatic carbocycles. The van der Waals surface area contributed by atoms with Crippen molar-refractivity contribution in [2.24, 2.45) is 0 Å². The van der Waals surface area contributed by atoms with Gasteiger partial charge in [-0.2, -0.15) is 11.8 Å². The Bertz CT molecular complexity index is 540. The van der Waals surface area contributed by atoms with Gasteiger partial charge in [0, 0.05) is 16.4 Å². The Morgan fingerprint density at radius 1 is 1.42 bits per heavy atom. The first kappa shape index (κ1) is 15.3. The molecule has 0 aromatic heterocycles. The summed E-state index contributed by atoms with van der Waals surface area (Å²) < 4.78 is 27.8. The van der Waals surface area contributed by atoms with Gasteiger partial charge in [-0.15, -0.1) is 0 Å². The van der Waals surface area contributed by atoms with Crippen LogP contribution in [0.3, 0.4) is 0 Å². The second-order valence-electron chi connectivity index (χ2n) is 4.40. The molecule has 19 heavy (non-hydrogen) atoms. The number of hydrogen-bond acceptors (Lipinski definition) is 4. The molecule has 0 amide bonds. The Hall–Kier alpha value is -0.100. The van der Waals surface area contributed by atoms with E-state index in [2.05, 4.69) is 0 Å². The first-order valence-electron chi connectivity index (χ1n) is 5.89. The van der Waals surface area contributed by atoms with Crippen LogP contribution in [0.4, 0.5) is 0 Å². The third-order valence-electron chi connectivity index (χ3n) is 2.75. The fourth-order valence-electron chi connectivity index (χ4n) is 1.91. The van der Waals surface area contributed by atoms with Crippen molar-refractivity contribution in [3.63, 3.8) is 0 Å². The average Bonchev–Trinajstić information content (AvgIpc) is 2.32. The van der Waals surface area contributed by atoms with Crippen LogP contribution in [0.2, 0.25) is 5.02 Å². The second-order valence-corrected chi connectivity index (χ2v) is 8.74. The van der Waals surface area contributed by atoms with Crippen LogP contribution in [-0.4, -0.2) is 26.0 Å². The maximum atomic E-state index is 11.0. The Labute approximate surface area is 127 Å². The summed E-state index contributed by atoms with van der Waals surface area (Å²) in [4.78, 5) is 0. The number of benzene rings is 1. The fraction of sp³-hybridized carbons (Fsp3) is 0.500. The summed E-state index contributed by atoms with van der Waals surface area (Å²) in [5.74, 6) is 2.52. The van der Waals surface area contributed by atoms with Gasteiger partial charge in [0.2, 0.25) is 9.05 Å². The quantitative estimate of drug-likeness (QED) is 0.784. The van der Waals surface area contributed by atoms with E-state index in [-0.39, 0.29) is 11.9 Å². The zero-order chi connectivity index (χ0) is 13.9. The van der Waals surface area contributed by atoms with Crippen molar-refractivity contribution in [2.45, 2.75) is 24.7 Å². The molecule has 106 valence electrons. The molecule has 3 nitrogen and oxygen atoms in total. The molecule has 1 heterocycles. The largest absolute Gasteiger partial charge is 0.488 e. The minimum atomic E-state index is -3.56. The van der Waals surface area contributed by atoms with Gasteiger partial charge in [0.1, 0.15) is 11.9 Å². The highest BCUT2D eigenvalue weighted by molar-refractivity contribution is 8.13. The number of halogens is 2. The Morgan fingerprint density at radius 2 is 2.21 bits per heavy atom. The maximum absolute atomic E-state index is 11.0. The van der Waals surface area contributed by atoms with E-state index < -0.39 is 9.05 Å². The molecule has 0 aliphatic carbocycles. The summed E-state index contributed by atoms with van der Waals surface area (Å²) in [6.45, 7) is 0. The fourth-order valence-corrected chi connectivity index (χ4v) is 4.15. The lowest BCUT2D eigenvalue weighted by atomic mass is 10.2. The van der Waals surface area contributed by atoms with E-state index >= 15 is 0 Å². The molecular formula is C12H14Cl2O3S2. The molecule has 1 aliphatic heterocycles. The molecule has 0 spiro atoms. The van der Waals surface area contributed by atoms with Crippen LogP contribution in [0, 0.1) is 0 Å². The number of thioether (sulfide) groups is 1. The van der Waals surface area contributed by atoms with Crippen molar-refractivity contribution in [3.05, 3.63) is 28.8 Å². The molecule has 0 radical (unpaired) electrons. The van der Waals surface area contributed by atoms with Gasteiger partial charge in [0.15, 0.2) is 0 Å². The van der Waals surface area contributed by atoms with Gasteiger partial charge in [-0.25, -0.2) is 8.42 Å². The summed E-state index contributed by atoms with van der Waals surface area (Å²) >= 11 is 7.98. The van der Waals surface area contributed by atoms with E-state index in [9.17, 15) is 8.42 Å². The third-order valence-corrected chi connectivity index (χ3v) is 5.23. The Morgan fingerprint density at radius 3 is 2.79 bits per heavy atom. The summed E-state index contributed by atoms with van der Waals surface area (Å²) in [5, 5.41) is 0.424. The molecule has 1 fully saturated rings. The molecular weight excluding hydrogens is 327 g/mol. The van der Waals surface area contributed by atoms with E-state index in [1.807, 2.05) is 11.8 Å². The molecule has 1 aliphatic rings. The first-order valence-corrected chi connectivity index (χ1v) is 9.90. The predicted octanol–water partition coefficient (Wildman–Crippen LogP) is 3.68. The summed E-state index contributed by atoms with van der Waals surface area (Å²) in [7, 11) is 1.65. The van der Waals surface area contributed by atoms with Crippen LogP contribution in [0.1, 0.15) is 18.4 Å². The smallest absolute Gasteiger partial charge is 0.236 e. The van der Waals surface area contributed by atoms with Gasteiger partial charge in [0.05, 0.1) is 10.8 Å². The van der Waals surface area contributed by atoms with Gasteiger partial charge in [-0.1, -0.05) is 17.7 Å². The molecule has 1 unspecified atom stereocenters. The van der Waals surface area contributed by atoms with Crippen LogP contribution < -0.4 is 4.74 Å². The Kier molecular flexibility index (Phi) is 5.29. The van der Waals surface area contributed by atoms with Crippen molar-refractivity contribution in [1.29, 1.82) is 0 Å². The van der Waals surface area contributed by atoms with Gasteiger partial charge in [-0.05, 0) is 36.3 Å². The molecule has 7 heteroatoms. The molecule has 1 saturated heterocycles. The lowest BCUT2D eigenvalue weighted by Gasteiger charge is -2.23. The zero-order valence-electron chi connectivity index (χ0n) is 10.1. The first-order chi connectivity index (χ1) is 8.94. The minimum Gasteiger partial charge on any atom is -0.488 e. The highest BCUT2D eigenvalue weighted by Gasteiger charge is 2.17.